The third-order valence-corrected chi connectivity index (χ3v) is 5.28. The zero-order valence-corrected chi connectivity index (χ0v) is 16.2. The van der Waals surface area contributed by atoms with Gasteiger partial charge in [0.2, 0.25) is 11.8 Å². The minimum atomic E-state index is -0.288. The summed E-state index contributed by atoms with van der Waals surface area (Å²) in [6.07, 6.45) is 0. The molecule has 28 heavy (non-hydrogen) atoms. The van der Waals surface area contributed by atoms with E-state index in [1.165, 1.54) is 14.0 Å². The molecule has 3 rings (SSSR count). The van der Waals surface area contributed by atoms with Crippen molar-refractivity contribution < 1.29 is 19.4 Å². The van der Waals surface area contributed by atoms with Gasteiger partial charge in [-0.1, -0.05) is 54.6 Å². The second-order valence-electron chi connectivity index (χ2n) is 6.99. The Balaban J connectivity index is 1.80. The van der Waals surface area contributed by atoms with Gasteiger partial charge in [-0.2, -0.15) is 0 Å². The van der Waals surface area contributed by atoms with Crippen LogP contribution < -0.4 is 5.32 Å². The van der Waals surface area contributed by atoms with Crippen LogP contribution >= 0.6 is 0 Å². The lowest BCUT2D eigenvalue weighted by Crippen LogP contribution is -2.68. The minimum absolute atomic E-state index is 0.0212. The molecule has 0 bridgehead atoms. The fourth-order valence-electron chi connectivity index (χ4n) is 4.01. The van der Waals surface area contributed by atoms with Crippen LogP contribution in [0.1, 0.15) is 18.4 Å². The van der Waals surface area contributed by atoms with E-state index in [-0.39, 0.29) is 43.0 Å². The van der Waals surface area contributed by atoms with Gasteiger partial charge in [-0.05, 0) is 16.7 Å². The second-order valence-corrected chi connectivity index (χ2v) is 6.99. The van der Waals surface area contributed by atoms with Gasteiger partial charge < -0.3 is 20.1 Å². The lowest BCUT2D eigenvalue weighted by atomic mass is 9.74. The number of rotatable bonds is 7. The van der Waals surface area contributed by atoms with Crippen molar-refractivity contribution in [3.05, 3.63) is 60.2 Å². The monoisotopic (exact) mass is 382 g/mol. The summed E-state index contributed by atoms with van der Waals surface area (Å²) in [5.74, 6) is -0.375. The Morgan fingerprint density at radius 1 is 1.04 bits per heavy atom. The molecule has 0 spiro atoms. The van der Waals surface area contributed by atoms with Gasteiger partial charge in [0.05, 0.1) is 18.7 Å². The van der Waals surface area contributed by atoms with Crippen LogP contribution in [-0.2, 0) is 14.3 Å². The van der Waals surface area contributed by atoms with Crippen LogP contribution in [0.25, 0.3) is 11.1 Å². The zero-order valence-electron chi connectivity index (χ0n) is 16.2. The number of methoxy groups -OCH3 is 1. The average Bonchev–Trinajstić information content (AvgIpc) is 2.68. The summed E-state index contributed by atoms with van der Waals surface area (Å²) in [6.45, 7) is 1.67. The molecule has 1 aliphatic rings. The molecular weight excluding hydrogens is 356 g/mol. The fourth-order valence-corrected chi connectivity index (χ4v) is 4.01. The molecule has 0 radical (unpaired) electrons. The van der Waals surface area contributed by atoms with Gasteiger partial charge >= 0.3 is 0 Å². The molecule has 2 aromatic carbocycles. The number of carbonyl (C=O) groups is 2. The number of amides is 2. The van der Waals surface area contributed by atoms with Crippen molar-refractivity contribution in [1.82, 2.24) is 10.2 Å². The van der Waals surface area contributed by atoms with E-state index in [2.05, 4.69) is 29.6 Å². The largest absolute Gasteiger partial charge is 0.394 e. The predicted molar refractivity (Wildman–Crippen MR) is 107 cm³/mol. The molecule has 2 N–H and O–H groups in total. The number of hydrogen-bond donors (Lipinski definition) is 2. The maximum Gasteiger partial charge on any atom is 0.246 e. The van der Waals surface area contributed by atoms with Crippen molar-refractivity contribution in [1.29, 1.82) is 0 Å². The normalized spacial score (nSPS) is 21.1. The number of ether oxygens (including phenoxy) is 1. The molecular formula is C22H26N2O4. The molecule has 2 aromatic rings. The molecule has 6 nitrogen and oxygen atoms in total. The minimum Gasteiger partial charge on any atom is -0.394 e. The highest BCUT2D eigenvalue weighted by Gasteiger charge is 2.49. The number of aliphatic hydroxyl groups is 1. The van der Waals surface area contributed by atoms with E-state index < -0.39 is 0 Å². The molecule has 148 valence electrons. The highest BCUT2D eigenvalue weighted by atomic mass is 16.5. The summed E-state index contributed by atoms with van der Waals surface area (Å²) in [6, 6.07) is 17.8. The van der Waals surface area contributed by atoms with Gasteiger partial charge in [-0.25, -0.2) is 0 Å². The smallest absolute Gasteiger partial charge is 0.246 e. The Morgan fingerprint density at radius 2 is 1.68 bits per heavy atom. The van der Waals surface area contributed by atoms with E-state index >= 15 is 0 Å². The van der Waals surface area contributed by atoms with Crippen molar-refractivity contribution >= 4 is 11.8 Å². The van der Waals surface area contributed by atoms with Crippen LogP contribution in [0.5, 0.6) is 0 Å². The van der Waals surface area contributed by atoms with Crippen LogP contribution in [0.3, 0.4) is 0 Å². The highest BCUT2D eigenvalue weighted by Crippen LogP contribution is 2.41. The third-order valence-electron chi connectivity index (χ3n) is 5.28. The van der Waals surface area contributed by atoms with Gasteiger partial charge in [-0.3, -0.25) is 9.59 Å². The Kier molecular flexibility index (Phi) is 6.44. The first-order valence-corrected chi connectivity index (χ1v) is 9.37. The molecule has 1 fully saturated rings. The molecule has 6 heteroatoms. The Hall–Kier alpha value is -2.70. The third kappa shape index (κ3) is 4.08. The molecule has 1 saturated heterocycles. The Bertz CT molecular complexity index is 807. The number of likely N-dealkylation sites (tertiary alicyclic amines) is 1. The first-order chi connectivity index (χ1) is 13.6. The van der Waals surface area contributed by atoms with E-state index in [1.54, 1.807) is 4.90 Å². The molecule has 0 aliphatic carbocycles. The molecule has 2 amide bonds. The van der Waals surface area contributed by atoms with Crippen LogP contribution in [0.15, 0.2) is 54.6 Å². The lowest BCUT2D eigenvalue weighted by Gasteiger charge is -2.54. The van der Waals surface area contributed by atoms with Gasteiger partial charge in [0, 0.05) is 26.5 Å². The maximum absolute atomic E-state index is 12.1. The van der Waals surface area contributed by atoms with E-state index in [9.17, 15) is 14.7 Å². The quantitative estimate of drug-likeness (QED) is 0.765. The Labute approximate surface area is 165 Å². The number of hydrogen-bond acceptors (Lipinski definition) is 4. The van der Waals surface area contributed by atoms with Gasteiger partial charge in [0.25, 0.3) is 0 Å². The summed E-state index contributed by atoms with van der Waals surface area (Å²) in [7, 11) is 1.46. The SMILES string of the molecule is COCC(=O)NC[C@@H]1[C@H](c2ccc(-c3ccccc3)cc2)[C@@H](CO)N1C(C)=O. The van der Waals surface area contributed by atoms with Gasteiger partial charge in [0.15, 0.2) is 0 Å². The van der Waals surface area contributed by atoms with Crippen molar-refractivity contribution in [2.24, 2.45) is 0 Å². The molecule has 1 heterocycles. The van der Waals surface area contributed by atoms with Gasteiger partial charge in [-0.15, -0.1) is 0 Å². The number of aliphatic hydroxyl groups excluding tert-OH is 1. The summed E-state index contributed by atoms with van der Waals surface area (Å²) in [4.78, 5) is 25.5. The fraction of sp³-hybridized carbons (Fsp3) is 0.364. The standard InChI is InChI=1S/C22H26N2O4/c1-15(26)24-19(12-23-21(27)14-28-2)22(20(24)13-25)18-10-8-17(9-11-18)16-6-4-3-5-7-16/h3-11,19-20,22,25H,12-14H2,1-2H3,(H,23,27)/t19-,20-,22+/m1/s1. The number of nitrogens with zero attached hydrogens (tertiary/aromatic N) is 1. The van der Waals surface area contributed by atoms with Crippen molar-refractivity contribution in [3.63, 3.8) is 0 Å². The van der Waals surface area contributed by atoms with Crippen LogP contribution in [0.4, 0.5) is 0 Å². The topological polar surface area (TPSA) is 78.9 Å². The number of benzene rings is 2. The summed E-state index contributed by atoms with van der Waals surface area (Å²) < 4.78 is 4.84. The molecule has 0 unspecified atom stereocenters. The van der Waals surface area contributed by atoms with Crippen LogP contribution in [0, 0.1) is 0 Å². The summed E-state index contributed by atoms with van der Waals surface area (Å²) in [5, 5.41) is 12.7. The summed E-state index contributed by atoms with van der Waals surface area (Å²) >= 11 is 0. The number of carbonyl (C=O) groups excluding carboxylic acids is 2. The second kappa shape index (κ2) is 8.99. The summed E-state index contributed by atoms with van der Waals surface area (Å²) in [5.41, 5.74) is 3.29. The average molecular weight is 382 g/mol. The Morgan fingerprint density at radius 3 is 2.25 bits per heavy atom. The zero-order chi connectivity index (χ0) is 20.1. The van der Waals surface area contributed by atoms with Crippen molar-refractivity contribution in [3.8, 4) is 11.1 Å². The lowest BCUT2D eigenvalue weighted by molar-refractivity contribution is -0.148. The molecule has 1 aliphatic heterocycles. The first-order valence-electron chi connectivity index (χ1n) is 9.37. The first kappa shape index (κ1) is 20.0. The molecule has 0 saturated carbocycles. The van der Waals surface area contributed by atoms with Crippen molar-refractivity contribution in [2.75, 3.05) is 26.9 Å². The number of nitrogens with one attached hydrogen (secondary N) is 1. The van der Waals surface area contributed by atoms with Crippen molar-refractivity contribution in [2.45, 2.75) is 24.9 Å². The van der Waals surface area contributed by atoms with Crippen LogP contribution in [0.2, 0.25) is 0 Å². The molecule has 3 atom stereocenters. The van der Waals surface area contributed by atoms with Crippen LogP contribution in [-0.4, -0.2) is 60.8 Å². The van der Waals surface area contributed by atoms with E-state index in [0.29, 0.717) is 6.54 Å². The highest BCUT2D eigenvalue weighted by molar-refractivity contribution is 5.78. The van der Waals surface area contributed by atoms with E-state index in [4.69, 9.17) is 4.74 Å². The van der Waals surface area contributed by atoms with Gasteiger partial charge in [0.1, 0.15) is 6.61 Å². The molecule has 0 aromatic heterocycles. The predicted octanol–water partition coefficient (Wildman–Crippen LogP) is 1.79. The van der Waals surface area contributed by atoms with E-state index in [1.807, 2.05) is 30.3 Å². The van der Waals surface area contributed by atoms with E-state index in [0.717, 1.165) is 16.7 Å². The maximum atomic E-state index is 12.1.